The third-order valence-electron chi connectivity index (χ3n) is 2.05. The van der Waals surface area contributed by atoms with E-state index in [2.05, 4.69) is 0 Å². The third-order valence-corrected chi connectivity index (χ3v) is 2.42. The molecular weight excluding hydrogens is 224 g/mol. The average molecular weight is 234 g/mol. The number of halogens is 3. The van der Waals surface area contributed by atoms with Gasteiger partial charge >= 0.3 is 0 Å². The van der Waals surface area contributed by atoms with E-state index in [9.17, 15) is 13.6 Å². The van der Waals surface area contributed by atoms with Crippen LogP contribution in [0.15, 0.2) is 18.2 Å². The molecule has 0 aliphatic rings. The summed E-state index contributed by atoms with van der Waals surface area (Å²) in [6, 6.07) is 3.44. The first-order chi connectivity index (χ1) is 7.04. The number of nitrogens with two attached hydrogens (primary N) is 1. The average Bonchev–Trinajstić information content (AvgIpc) is 2.18. The SMILES string of the molecule is NC(=O)CC(CCl)c1ccc(F)c(F)c1. The van der Waals surface area contributed by atoms with Crippen LogP contribution >= 0.6 is 11.6 Å². The summed E-state index contributed by atoms with van der Waals surface area (Å²) in [5, 5.41) is 0. The second kappa shape index (κ2) is 5.07. The maximum Gasteiger partial charge on any atom is 0.218 e. The number of carbonyl (C=O) groups is 1. The first-order valence-corrected chi connectivity index (χ1v) is 4.87. The van der Waals surface area contributed by atoms with Crippen molar-refractivity contribution < 1.29 is 13.6 Å². The topological polar surface area (TPSA) is 43.1 Å². The lowest BCUT2D eigenvalue weighted by Crippen LogP contribution is -2.16. The van der Waals surface area contributed by atoms with Gasteiger partial charge in [-0.1, -0.05) is 6.07 Å². The van der Waals surface area contributed by atoms with Crippen LogP contribution < -0.4 is 5.73 Å². The third kappa shape index (κ3) is 3.16. The van der Waals surface area contributed by atoms with E-state index in [4.69, 9.17) is 17.3 Å². The number of primary amides is 1. The molecule has 0 aromatic heterocycles. The lowest BCUT2D eigenvalue weighted by atomic mass is 9.97. The number of amides is 1. The van der Waals surface area contributed by atoms with Crippen LogP contribution in [0, 0.1) is 11.6 Å². The fourth-order valence-electron chi connectivity index (χ4n) is 1.27. The summed E-state index contributed by atoms with van der Waals surface area (Å²) < 4.78 is 25.5. The molecule has 1 aromatic rings. The van der Waals surface area contributed by atoms with Crippen molar-refractivity contribution in [3.8, 4) is 0 Å². The van der Waals surface area contributed by atoms with Gasteiger partial charge in [0.2, 0.25) is 5.91 Å². The summed E-state index contributed by atoms with van der Waals surface area (Å²) in [5.74, 6) is -2.64. The van der Waals surface area contributed by atoms with E-state index in [0.717, 1.165) is 12.1 Å². The van der Waals surface area contributed by atoms with Gasteiger partial charge in [0.15, 0.2) is 11.6 Å². The van der Waals surface area contributed by atoms with E-state index >= 15 is 0 Å². The Hall–Kier alpha value is -1.16. The summed E-state index contributed by atoms with van der Waals surface area (Å²) in [5.41, 5.74) is 5.48. The zero-order chi connectivity index (χ0) is 11.4. The summed E-state index contributed by atoms with van der Waals surface area (Å²) in [7, 11) is 0. The molecular formula is C10H10ClF2NO. The highest BCUT2D eigenvalue weighted by Gasteiger charge is 2.15. The van der Waals surface area contributed by atoms with E-state index in [0.29, 0.717) is 5.56 Å². The molecule has 1 atom stereocenters. The van der Waals surface area contributed by atoms with Gasteiger partial charge in [0.1, 0.15) is 0 Å². The summed E-state index contributed by atoms with van der Waals surface area (Å²) in [6.45, 7) is 0. The molecule has 82 valence electrons. The maximum absolute atomic E-state index is 12.9. The Labute approximate surface area is 91.0 Å². The fourth-order valence-corrected chi connectivity index (χ4v) is 1.56. The Morgan fingerprint density at radius 2 is 2.07 bits per heavy atom. The second-order valence-electron chi connectivity index (χ2n) is 3.20. The first kappa shape index (κ1) is 11.9. The smallest absolute Gasteiger partial charge is 0.218 e. The minimum Gasteiger partial charge on any atom is -0.370 e. The van der Waals surface area contributed by atoms with Crippen molar-refractivity contribution in [3.63, 3.8) is 0 Å². The molecule has 0 aliphatic heterocycles. The van der Waals surface area contributed by atoms with Crippen molar-refractivity contribution in [1.29, 1.82) is 0 Å². The highest BCUT2D eigenvalue weighted by molar-refractivity contribution is 6.18. The predicted molar refractivity (Wildman–Crippen MR) is 53.6 cm³/mol. The van der Waals surface area contributed by atoms with Crippen molar-refractivity contribution in [1.82, 2.24) is 0 Å². The van der Waals surface area contributed by atoms with Gasteiger partial charge in [-0.05, 0) is 17.7 Å². The second-order valence-corrected chi connectivity index (χ2v) is 3.50. The number of rotatable bonds is 4. The standard InChI is InChI=1S/C10H10ClF2NO/c11-5-7(4-10(14)15)6-1-2-8(12)9(13)3-6/h1-3,7H,4-5H2,(H2,14,15). The Kier molecular flexibility index (Phi) is 4.03. The Morgan fingerprint density at radius 1 is 1.40 bits per heavy atom. The molecule has 1 amide bonds. The number of alkyl halides is 1. The van der Waals surface area contributed by atoms with Gasteiger partial charge in [-0.15, -0.1) is 11.6 Å². The Morgan fingerprint density at radius 3 is 2.53 bits per heavy atom. The normalized spacial score (nSPS) is 12.5. The lowest BCUT2D eigenvalue weighted by Gasteiger charge is -2.12. The van der Waals surface area contributed by atoms with E-state index in [1.807, 2.05) is 0 Å². The lowest BCUT2D eigenvalue weighted by molar-refractivity contribution is -0.118. The highest BCUT2D eigenvalue weighted by Crippen LogP contribution is 2.22. The largest absolute Gasteiger partial charge is 0.370 e. The molecule has 0 heterocycles. The molecule has 0 radical (unpaired) electrons. The molecule has 1 unspecified atom stereocenters. The van der Waals surface area contributed by atoms with Gasteiger partial charge in [0.05, 0.1) is 0 Å². The van der Waals surface area contributed by atoms with E-state index in [1.54, 1.807) is 0 Å². The number of hydrogen-bond donors (Lipinski definition) is 1. The summed E-state index contributed by atoms with van der Waals surface area (Å²) in [6.07, 6.45) is 0.0224. The van der Waals surface area contributed by atoms with Crippen molar-refractivity contribution >= 4 is 17.5 Å². The molecule has 0 bridgehead atoms. The van der Waals surface area contributed by atoms with Crippen molar-refractivity contribution in [2.45, 2.75) is 12.3 Å². The number of carbonyl (C=O) groups excluding carboxylic acids is 1. The minimum atomic E-state index is -0.952. The zero-order valence-electron chi connectivity index (χ0n) is 7.84. The van der Waals surface area contributed by atoms with Crippen LogP contribution in [0.1, 0.15) is 17.9 Å². The van der Waals surface area contributed by atoms with Crippen molar-refractivity contribution in [2.75, 3.05) is 5.88 Å². The van der Waals surface area contributed by atoms with Crippen LogP contribution in [0.5, 0.6) is 0 Å². The van der Waals surface area contributed by atoms with Crippen LogP contribution in [-0.2, 0) is 4.79 Å². The summed E-state index contributed by atoms with van der Waals surface area (Å²) >= 11 is 5.61. The maximum atomic E-state index is 12.9. The molecule has 0 fully saturated rings. The fraction of sp³-hybridized carbons (Fsp3) is 0.300. The van der Waals surface area contributed by atoms with E-state index in [1.165, 1.54) is 6.07 Å². The number of hydrogen-bond acceptors (Lipinski definition) is 1. The van der Waals surface area contributed by atoms with Gasteiger partial charge in [-0.2, -0.15) is 0 Å². The van der Waals surface area contributed by atoms with Crippen molar-refractivity contribution in [2.24, 2.45) is 5.73 Å². The molecule has 15 heavy (non-hydrogen) atoms. The van der Waals surface area contributed by atoms with Gasteiger partial charge in [-0.3, -0.25) is 4.79 Å². The quantitative estimate of drug-likeness (QED) is 0.796. The van der Waals surface area contributed by atoms with Crippen molar-refractivity contribution in [3.05, 3.63) is 35.4 Å². The van der Waals surface area contributed by atoms with Gasteiger partial charge < -0.3 is 5.73 Å². The highest BCUT2D eigenvalue weighted by atomic mass is 35.5. The van der Waals surface area contributed by atoms with Gasteiger partial charge in [0, 0.05) is 18.2 Å². The van der Waals surface area contributed by atoms with Crippen LogP contribution in [0.25, 0.3) is 0 Å². The predicted octanol–water partition coefficient (Wildman–Crippen LogP) is 2.16. The number of benzene rings is 1. The van der Waals surface area contributed by atoms with Crippen LogP contribution in [0.3, 0.4) is 0 Å². The molecule has 0 spiro atoms. The molecule has 5 heteroatoms. The first-order valence-electron chi connectivity index (χ1n) is 4.33. The van der Waals surface area contributed by atoms with Gasteiger partial charge in [-0.25, -0.2) is 8.78 Å². The van der Waals surface area contributed by atoms with E-state index in [-0.39, 0.29) is 18.2 Å². The molecule has 1 rings (SSSR count). The summed E-state index contributed by atoms with van der Waals surface area (Å²) in [4.78, 5) is 10.7. The molecule has 0 aliphatic carbocycles. The molecule has 0 saturated carbocycles. The zero-order valence-corrected chi connectivity index (χ0v) is 8.60. The van der Waals surface area contributed by atoms with Crippen LogP contribution in [0.2, 0.25) is 0 Å². The monoisotopic (exact) mass is 233 g/mol. The molecule has 2 nitrogen and oxygen atoms in total. The Bertz CT molecular complexity index is 370. The minimum absolute atomic E-state index is 0.0224. The molecule has 0 saturated heterocycles. The van der Waals surface area contributed by atoms with E-state index < -0.39 is 17.5 Å². The van der Waals surface area contributed by atoms with Crippen LogP contribution in [0.4, 0.5) is 8.78 Å². The Balaban J connectivity index is 2.92. The molecule has 1 aromatic carbocycles. The molecule has 2 N–H and O–H groups in total. The van der Waals surface area contributed by atoms with Gasteiger partial charge in [0.25, 0.3) is 0 Å². The van der Waals surface area contributed by atoms with Crippen LogP contribution in [-0.4, -0.2) is 11.8 Å².